The molecule has 0 radical (unpaired) electrons. The molecule has 0 aromatic heterocycles. The third-order valence-corrected chi connectivity index (χ3v) is 4.22. The van der Waals surface area contributed by atoms with Crippen LogP contribution in [0.3, 0.4) is 0 Å². The number of hydrogen-bond acceptors (Lipinski definition) is 2. The summed E-state index contributed by atoms with van der Waals surface area (Å²) in [6, 6.07) is 16.4. The maximum Gasteiger partial charge on any atom is 0.337 e. The highest BCUT2D eigenvalue weighted by atomic mass is 19.1. The van der Waals surface area contributed by atoms with Crippen LogP contribution in [0.2, 0.25) is 0 Å². The molecule has 3 aromatic rings. The molecule has 0 spiro atoms. The molecule has 4 nitrogen and oxygen atoms in total. The van der Waals surface area contributed by atoms with E-state index in [9.17, 15) is 23.5 Å². The molecule has 0 saturated carbocycles. The number of carboxylic acid groups (broad SMARTS) is 1. The summed E-state index contributed by atoms with van der Waals surface area (Å²) in [6.07, 6.45) is 0.796. The van der Waals surface area contributed by atoms with Crippen molar-refractivity contribution in [1.82, 2.24) is 0 Å². The molecule has 0 unspecified atom stereocenters. The molecule has 0 heterocycles. The standard InChI is InChI=1S/C22H17F2NO3/c23-17-10-15(11-18(24)13-17)7-6-14-8-9-19(22(27)28)20(12-14)25-21(26)16-4-2-1-3-5-16/h1-5,8-13H,6-7H2,(H,25,26)(H,27,28). The fourth-order valence-electron chi connectivity index (χ4n) is 2.86. The van der Waals surface area contributed by atoms with Crippen LogP contribution in [-0.2, 0) is 12.8 Å². The number of hydrogen-bond donors (Lipinski definition) is 2. The van der Waals surface area contributed by atoms with Gasteiger partial charge in [0.15, 0.2) is 0 Å². The molecule has 142 valence electrons. The fraction of sp³-hybridized carbons (Fsp3) is 0.0909. The van der Waals surface area contributed by atoms with Crippen LogP contribution in [0, 0.1) is 11.6 Å². The summed E-state index contributed by atoms with van der Waals surface area (Å²) in [6.45, 7) is 0. The minimum absolute atomic E-state index is 0.0372. The lowest BCUT2D eigenvalue weighted by molar-refractivity contribution is 0.0698. The number of anilines is 1. The Morgan fingerprint density at radius 1 is 0.821 bits per heavy atom. The molecule has 0 atom stereocenters. The number of carboxylic acids is 1. The normalized spacial score (nSPS) is 10.5. The second-order valence-electron chi connectivity index (χ2n) is 6.28. The molecule has 1 amide bonds. The lowest BCUT2D eigenvalue weighted by Crippen LogP contribution is -2.15. The van der Waals surface area contributed by atoms with Crippen LogP contribution in [0.4, 0.5) is 14.5 Å². The lowest BCUT2D eigenvalue weighted by atomic mass is 10.0. The average Bonchev–Trinajstić information content (AvgIpc) is 2.66. The summed E-state index contributed by atoms with van der Waals surface area (Å²) < 4.78 is 26.6. The number of rotatable bonds is 6. The Morgan fingerprint density at radius 3 is 2.11 bits per heavy atom. The molecule has 0 aliphatic heterocycles. The van der Waals surface area contributed by atoms with Crippen molar-refractivity contribution in [1.29, 1.82) is 0 Å². The predicted molar refractivity (Wildman–Crippen MR) is 102 cm³/mol. The maximum atomic E-state index is 13.3. The first-order chi connectivity index (χ1) is 13.4. The van der Waals surface area contributed by atoms with Crippen LogP contribution < -0.4 is 5.32 Å². The van der Waals surface area contributed by atoms with Crippen molar-refractivity contribution in [3.8, 4) is 0 Å². The van der Waals surface area contributed by atoms with E-state index in [1.165, 1.54) is 18.2 Å². The van der Waals surface area contributed by atoms with Crippen LogP contribution in [0.1, 0.15) is 31.8 Å². The zero-order chi connectivity index (χ0) is 20.1. The molecular weight excluding hydrogens is 364 g/mol. The summed E-state index contributed by atoms with van der Waals surface area (Å²) in [5, 5.41) is 12.0. The van der Waals surface area contributed by atoms with Gasteiger partial charge in [-0.3, -0.25) is 4.79 Å². The summed E-state index contributed by atoms with van der Waals surface area (Å²) in [7, 11) is 0. The number of nitrogens with one attached hydrogen (secondary N) is 1. The van der Waals surface area contributed by atoms with E-state index in [4.69, 9.17) is 0 Å². The summed E-state index contributed by atoms with van der Waals surface area (Å²) in [4.78, 5) is 23.8. The zero-order valence-corrected chi connectivity index (χ0v) is 14.8. The van der Waals surface area contributed by atoms with Crippen molar-refractivity contribution < 1.29 is 23.5 Å². The van der Waals surface area contributed by atoms with Gasteiger partial charge in [0.2, 0.25) is 0 Å². The van der Waals surface area contributed by atoms with Gasteiger partial charge in [-0.1, -0.05) is 24.3 Å². The highest BCUT2D eigenvalue weighted by molar-refractivity contribution is 6.07. The van der Waals surface area contributed by atoms with E-state index in [1.807, 2.05) is 0 Å². The molecular formula is C22H17F2NO3. The van der Waals surface area contributed by atoms with Crippen LogP contribution >= 0.6 is 0 Å². The molecule has 3 rings (SSSR count). The van der Waals surface area contributed by atoms with Gasteiger partial charge in [0.25, 0.3) is 5.91 Å². The van der Waals surface area contributed by atoms with Crippen LogP contribution in [0.5, 0.6) is 0 Å². The molecule has 0 aliphatic rings. The van der Waals surface area contributed by atoms with Gasteiger partial charge in [-0.15, -0.1) is 0 Å². The van der Waals surface area contributed by atoms with Crippen LogP contribution in [0.25, 0.3) is 0 Å². The van der Waals surface area contributed by atoms with Gasteiger partial charge in [-0.2, -0.15) is 0 Å². The second-order valence-corrected chi connectivity index (χ2v) is 6.28. The van der Waals surface area contributed by atoms with Crippen molar-refractivity contribution in [2.24, 2.45) is 0 Å². The highest BCUT2D eigenvalue weighted by Gasteiger charge is 2.14. The van der Waals surface area contributed by atoms with Gasteiger partial charge in [0, 0.05) is 11.6 Å². The number of halogens is 2. The van der Waals surface area contributed by atoms with Crippen LogP contribution in [-0.4, -0.2) is 17.0 Å². The monoisotopic (exact) mass is 381 g/mol. The quantitative estimate of drug-likeness (QED) is 0.650. The number of carbonyl (C=O) groups is 2. The largest absolute Gasteiger partial charge is 0.478 e. The number of aromatic carboxylic acids is 1. The van der Waals surface area contributed by atoms with Crippen molar-refractivity contribution in [2.45, 2.75) is 12.8 Å². The van der Waals surface area contributed by atoms with Gasteiger partial charge >= 0.3 is 5.97 Å². The van der Waals surface area contributed by atoms with Crippen molar-refractivity contribution in [2.75, 3.05) is 5.32 Å². The third-order valence-electron chi connectivity index (χ3n) is 4.22. The number of aryl methyl sites for hydroxylation is 2. The zero-order valence-electron chi connectivity index (χ0n) is 14.8. The number of carbonyl (C=O) groups excluding carboxylic acids is 1. The summed E-state index contributed by atoms with van der Waals surface area (Å²) in [5.41, 5.74) is 1.77. The molecule has 0 bridgehead atoms. The van der Waals surface area contributed by atoms with Gasteiger partial charge < -0.3 is 10.4 Å². The van der Waals surface area contributed by atoms with E-state index in [0.717, 1.165) is 11.6 Å². The van der Waals surface area contributed by atoms with E-state index in [-0.39, 0.29) is 11.3 Å². The van der Waals surface area contributed by atoms with Crippen LogP contribution in [0.15, 0.2) is 66.7 Å². The number of benzene rings is 3. The fourth-order valence-corrected chi connectivity index (χ4v) is 2.86. The van der Waals surface area contributed by atoms with Gasteiger partial charge in [-0.25, -0.2) is 13.6 Å². The maximum absolute atomic E-state index is 13.3. The van der Waals surface area contributed by atoms with E-state index in [0.29, 0.717) is 24.0 Å². The van der Waals surface area contributed by atoms with Crippen molar-refractivity contribution in [3.05, 3.63) is 101 Å². The minimum Gasteiger partial charge on any atom is -0.478 e. The molecule has 0 aliphatic carbocycles. The SMILES string of the molecule is O=C(Nc1cc(CCc2cc(F)cc(F)c2)ccc1C(=O)O)c1ccccc1. The average molecular weight is 381 g/mol. The highest BCUT2D eigenvalue weighted by Crippen LogP contribution is 2.21. The Kier molecular flexibility index (Phi) is 5.79. The Bertz CT molecular complexity index is 999. The van der Waals surface area contributed by atoms with E-state index in [2.05, 4.69) is 5.32 Å². The first-order valence-corrected chi connectivity index (χ1v) is 8.60. The van der Waals surface area contributed by atoms with E-state index >= 15 is 0 Å². The third kappa shape index (κ3) is 4.79. The molecule has 2 N–H and O–H groups in total. The molecule has 28 heavy (non-hydrogen) atoms. The second kappa shape index (κ2) is 8.43. The smallest absolute Gasteiger partial charge is 0.337 e. The molecule has 6 heteroatoms. The lowest BCUT2D eigenvalue weighted by Gasteiger charge is -2.11. The first kappa shape index (κ1) is 19.2. The molecule has 0 saturated heterocycles. The summed E-state index contributed by atoms with van der Waals surface area (Å²) in [5.74, 6) is -2.88. The number of amides is 1. The van der Waals surface area contributed by atoms with Gasteiger partial charge in [-0.05, 0) is 60.4 Å². The Labute approximate surface area is 160 Å². The predicted octanol–water partition coefficient (Wildman–Crippen LogP) is 4.70. The Morgan fingerprint density at radius 2 is 1.46 bits per heavy atom. The Hall–Kier alpha value is -3.54. The topological polar surface area (TPSA) is 66.4 Å². The van der Waals surface area contributed by atoms with Crippen molar-refractivity contribution in [3.63, 3.8) is 0 Å². The molecule has 3 aromatic carbocycles. The summed E-state index contributed by atoms with van der Waals surface area (Å²) >= 11 is 0. The van der Waals surface area contributed by atoms with Crippen molar-refractivity contribution >= 4 is 17.6 Å². The Balaban J connectivity index is 1.81. The first-order valence-electron chi connectivity index (χ1n) is 8.60. The van der Waals surface area contributed by atoms with Gasteiger partial charge in [0.1, 0.15) is 11.6 Å². The minimum atomic E-state index is -1.16. The van der Waals surface area contributed by atoms with E-state index < -0.39 is 23.5 Å². The molecule has 0 fully saturated rings. The van der Waals surface area contributed by atoms with Gasteiger partial charge in [0.05, 0.1) is 11.3 Å². The van der Waals surface area contributed by atoms with E-state index in [1.54, 1.807) is 42.5 Å².